The van der Waals surface area contributed by atoms with E-state index in [1.165, 1.54) is 30.5 Å². The summed E-state index contributed by atoms with van der Waals surface area (Å²) in [6.45, 7) is 2.24. The second-order valence-corrected chi connectivity index (χ2v) is 7.68. The summed E-state index contributed by atoms with van der Waals surface area (Å²) in [4.78, 5) is 28.5. The van der Waals surface area contributed by atoms with E-state index in [1.807, 2.05) is 35.2 Å². The zero-order valence-electron chi connectivity index (χ0n) is 16.2. The molecule has 1 aliphatic heterocycles. The van der Waals surface area contributed by atoms with Crippen LogP contribution in [0.1, 0.15) is 54.7 Å². The van der Waals surface area contributed by atoms with Crippen molar-refractivity contribution in [3.8, 4) is 5.69 Å². The number of carbonyl (C=O) groups excluding carboxylic acids is 2. The van der Waals surface area contributed by atoms with Gasteiger partial charge in [-0.3, -0.25) is 4.79 Å². The van der Waals surface area contributed by atoms with Crippen molar-refractivity contribution < 1.29 is 14.3 Å². The van der Waals surface area contributed by atoms with E-state index in [0.717, 1.165) is 25.1 Å². The number of ether oxygens (including phenoxy) is 1. The predicted molar refractivity (Wildman–Crippen MR) is 103 cm³/mol. The van der Waals surface area contributed by atoms with Gasteiger partial charge in [-0.1, -0.05) is 31.0 Å². The molecule has 148 valence electrons. The number of likely N-dealkylation sites (tertiary alicyclic amines) is 1. The van der Waals surface area contributed by atoms with Crippen LogP contribution >= 0.6 is 0 Å². The number of aryl methyl sites for hydroxylation is 1. The highest BCUT2D eigenvalue weighted by atomic mass is 16.5. The van der Waals surface area contributed by atoms with Crippen molar-refractivity contribution in [2.45, 2.75) is 51.5 Å². The van der Waals surface area contributed by atoms with E-state index in [0.29, 0.717) is 17.7 Å². The van der Waals surface area contributed by atoms with Crippen LogP contribution in [0.2, 0.25) is 0 Å². The highest BCUT2D eigenvalue weighted by molar-refractivity contribution is 5.90. The minimum Gasteiger partial charge on any atom is -0.451 e. The van der Waals surface area contributed by atoms with Gasteiger partial charge in [0.05, 0.1) is 11.4 Å². The fourth-order valence-electron chi connectivity index (χ4n) is 4.46. The van der Waals surface area contributed by atoms with E-state index in [2.05, 4.69) is 10.2 Å². The maximum absolute atomic E-state index is 12.7. The first-order valence-corrected chi connectivity index (χ1v) is 10.1. The number of esters is 1. The topological polar surface area (TPSA) is 77.3 Å². The Hall–Kier alpha value is -2.70. The zero-order valence-corrected chi connectivity index (χ0v) is 16.2. The summed E-state index contributed by atoms with van der Waals surface area (Å²) in [7, 11) is 0. The fourth-order valence-corrected chi connectivity index (χ4v) is 4.46. The second kappa shape index (κ2) is 8.12. The summed E-state index contributed by atoms with van der Waals surface area (Å²) < 4.78 is 5.31. The van der Waals surface area contributed by atoms with E-state index in [-0.39, 0.29) is 18.2 Å². The Bertz CT molecular complexity index is 847. The van der Waals surface area contributed by atoms with Crippen LogP contribution in [0.3, 0.4) is 0 Å². The van der Waals surface area contributed by atoms with Gasteiger partial charge in [0.25, 0.3) is 5.91 Å². The van der Waals surface area contributed by atoms with Crippen molar-refractivity contribution in [2.75, 3.05) is 13.2 Å². The molecule has 1 aliphatic carbocycles. The number of piperidine rings is 1. The predicted octanol–water partition coefficient (Wildman–Crippen LogP) is 2.91. The maximum Gasteiger partial charge on any atom is 0.361 e. The number of benzene rings is 1. The first-order chi connectivity index (χ1) is 13.6. The van der Waals surface area contributed by atoms with Gasteiger partial charge >= 0.3 is 5.97 Å². The third kappa shape index (κ3) is 3.79. The largest absolute Gasteiger partial charge is 0.451 e. The third-order valence-electron chi connectivity index (χ3n) is 5.85. The van der Waals surface area contributed by atoms with Crippen molar-refractivity contribution in [1.82, 2.24) is 19.9 Å². The monoisotopic (exact) mass is 382 g/mol. The molecule has 0 unspecified atom stereocenters. The van der Waals surface area contributed by atoms with Gasteiger partial charge in [-0.05, 0) is 50.7 Å². The molecule has 7 heteroatoms. The summed E-state index contributed by atoms with van der Waals surface area (Å²) in [5, 5.41) is 8.52. The number of hydrogen-bond acceptors (Lipinski definition) is 5. The molecule has 1 saturated heterocycles. The van der Waals surface area contributed by atoms with Gasteiger partial charge in [-0.25, -0.2) is 4.79 Å². The molecule has 1 amide bonds. The number of rotatable bonds is 4. The average Bonchev–Trinajstić information content (AvgIpc) is 3.14. The smallest absolute Gasteiger partial charge is 0.361 e. The Kier molecular flexibility index (Phi) is 5.41. The Morgan fingerprint density at radius 2 is 1.82 bits per heavy atom. The minimum absolute atomic E-state index is 0.0990. The Morgan fingerprint density at radius 3 is 2.64 bits per heavy atom. The molecule has 1 aromatic heterocycles. The molecule has 28 heavy (non-hydrogen) atoms. The van der Waals surface area contributed by atoms with E-state index >= 15 is 0 Å². The highest BCUT2D eigenvalue weighted by Gasteiger charge is 2.36. The summed E-state index contributed by atoms with van der Waals surface area (Å²) in [5.41, 5.74) is 1.38. The summed E-state index contributed by atoms with van der Waals surface area (Å²) >= 11 is 0. The van der Waals surface area contributed by atoms with Crippen molar-refractivity contribution in [3.05, 3.63) is 41.7 Å². The van der Waals surface area contributed by atoms with Crippen molar-refractivity contribution in [1.29, 1.82) is 0 Å². The molecule has 0 spiro atoms. The van der Waals surface area contributed by atoms with Crippen molar-refractivity contribution in [2.24, 2.45) is 5.92 Å². The number of para-hydroxylation sites is 1. The number of aromatic nitrogens is 3. The molecule has 2 heterocycles. The second-order valence-electron chi connectivity index (χ2n) is 7.68. The first kappa shape index (κ1) is 18.7. The molecule has 2 fully saturated rings. The number of nitrogens with zero attached hydrogens (tertiary/aromatic N) is 4. The summed E-state index contributed by atoms with van der Waals surface area (Å²) in [5.74, 6) is -0.0987. The van der Waals surface area contributed by atoms with Gasteiger partial charge in [0.1, 0.15) is 0 Å². The molecule has 1 saturated carbocycles. The molecule has 0 bridgehead atoms. The Labute approximate surface area is 164 Å². The standard InChI is InChI=1S/C21H26N4O3/c1-15-20(23-25(22-15)17-10-3-2-4-11-17)21(27)28-14-19(26)24-13-7-9-16-8-5-6-12-18(16)24/h2-4,10-11,16,18H,5-9,12-14H2,1H3/t16-,18-/m0/s1. The molecule has 2 aromatic rings. The van der Waals surface area contributed by atoms with Crippen LogP contribution in [0.5, 0.6) is 0 Å². The van der Waals surface area contributed by atoms with Crippen molar-refractivity contribution >= 4 is 11.9 Å². The van der Waals surface area contributed by atoms with E-state index in [4.69, 9.17) is 4.74 Å². The van der Waals surface area contributed by atoms with E-state index < -0.39 is 5.97 Å². The number of fused-ring (bicyclic) bond motifs is 1. The molecule has 0 N–H and O–H groups in total. The molecular formula is C21H26N4O3. The van der Waals surface area contributed by atoms with Gasteiger partial charge in [-0.15, -0.1) is 5.10 Å². The van der Waals surface area contributed by atoms with Gasteiger partial charge < -0.3 is 9.64 Å². The lowest BCUT2D eigenvalue weighted by atomic mass is 9.78. The van der Waals surface area contributed by atoms with Crippen LogP contribution in [-0.2, 0) is 9.53 Å². The van der Waals surface area contributed by atoms with E-state index in [1.54, 1.807) is 6.92 Å². The van der Waals surface area contributed by atoms with Crippen LogP contribution in [0.15, 0.2) is 30.3 Å². The quantitative estimate of drug-likeness (QED) is 0.760. The normalized spacial score (nSPS) is 21.8. The molecular weight excluding hydrogens is 356 g/mol. The number of amides is 1. The maximum atomic E-state index is 12.7. The lowest BCUT2D eigenvalue weighted by molar-refractivity contribution is -0.140. The fraction of sp³-hybridized carbons (Fsp3) is 0.524. The van der Waals surface area contributed by atoms with E-state index in [9.17, 15) is 9.59 Å². The SMILES string of the molecule is Cc1nn(-c2ccccc2)nc1C(=O)OCC(=O)N1CCC[C@@H]2CCCC[C@@H]21. The highest BCUT2D eigenvalue weighted by Crippen LogP contribution is 2.35. The van der Waals surface area contributed by atoms with Crippen molar-refractivity contribution in [3.63, 3.8) is 0 Å². The van der Waals surface area contributed by atoms with Crippen LogP contribution in [-0.4, -0.2) is 51.0 Å². The van der Waals surface area contributed by atoms with Crippen LogP contribution in [0, 0.1) is 12.8 Å². The molecule has 2 aliphatic rings. The molecule has 1 aromatic carbocycles. The third-order valence-corrected chi connectivity index (χ3v) is 5.85. The van der Waals surface area contributed by atoms with Gasteiger partial charge in [0, 0.05) is 12.6 Å². The van der Waals surface area contributed by atoms with Crippen LogP contribution in [0.25, 0.3) is 5.69 Å². The Morgan fingerprint density at radius 1 is 1.07 bits per heavy atom. The average molecular weight is 382 g/mol. The summed E-state index contributed by atoms with van der Waals surface area (Å²) in [6.07, 6.45) is 6.94. The van der Waals surface area contributed by atoms with Crippen LogP contribution < -0.4 is 0 Å². The minimum atomic E-state index is -0.606. The van der Waals surface area contributed by atoms with Gasteiger partial charge in [0.15, 0.2) is 12.3 Å². The zero-order chi connectivity index (χ0) is 19.5. The van der Waals surface area contributed by atoms with Crippen LogP contribution in [0.4, 0.5) is 0 Å². The lowest BCUT2D eigenvalue weighted by Crippen LogP contribution is -2.50. The molecule has 2 atom stereocenters. The summed E-state index contributed by atoms with van der Waals surface area (Å²) in [6, 6.07) is 9.68. The van der Waals surface area contributed by atoms with Gasteiger partial charge in [-0.2, -0.15) is 9.90 Å². The molecule has 0 radical (unpaired) electrons. The Balaban J connectivity index is 1.39. The number of carbonyl (C=O) groups is 2. The lowest BCUT2D eigenvalue weighted by Gasteiger charge is -2.44. The first-order valence-electron chi connectivity index (χ1n) is 10.1. The molecule has 7 nitrogen and oxygen atoms in total. The van der Waals surface area contributed by atoms with Gasteiger partial charge in [0.2, 0.25) is 0 Å². The molecule has 4 rings (SSSR count). The number of hydrogen-bond donors (Lipinski definition) is 0.